The summed E-state index contributed by atoms with van der Waals surface area (Å²) in [5.74, 6) is 2.32. The highest BCUT2D eigenvalue weighted by Crippen LogP contribution is 2.41. The molecule has 2 aliphatic rings. The summed E-state index contributed by atoms with van der Waals surface area (Å²) in [6.07, 6.45) is 10.3. The molecule has 7 nitrogen and oxygen atoms in total. The number of carbonyl (C=O) groups is 1. The van der Waals surface area contributed by atoms with Crippen LogP contribution in [0.4, 0.5) is 11.6 Å². The largest absolute Gasteiger partial charge is 0.357 e. The van der Waals surface area contributed by atoms with Crippen molar-refractivity contribution in [3.63, 3.8) is 0 Å². The third kappa shape index (κ3) is 4.89. The van der Waals surface area contributed by atoms with E-state index in [1.165, 1.54) is 0 Å². The van der Waals surface area contributed by atoms with E-state index in [0.29, 0.717) is 18.3 Å². The molecule has 0 aliphatic heterocycles. The predicted octanol–water partition coefficient (Wildman–Crippen LogP) is 5.73. The zero-order valence-electron chi connectivity index (χ0n) is 19.2. The Bertz CT molecular complexity index is 1280. The number of imidazole rings is 1. The van der Waals surface area contributed by atoms with Crippen molar-refractivity contribution < 1.29 is 4.79 Å². The molecule has 0 bridgehead atoms. The fourth-order valence-electron chi connectivity index (χ4n) is 4.20. The lowest BCUT2D eigenvalue weighted by molar-refractivity contribution is -0.117. The standard InChI is InChI=1S/C26H27ClN6O/c1-15-12-19(27)9-8-17(15)14-22(34)30-20-5-3-4-18(13-20)23-24(33-25(32-23)16-6-7-16)21-10-11-29-26(28-2)31-21/h3-5,8-13,15-17H,6-7,14H2,1-2H3,(H,30,34)(H,32,33)(H,28,29,31). The summed E-state index contributed by atoms with van der Waals surface area (Å²) in [6.45, 7) is 2.08. The molecule has 2 atom stereocenters. The van der Waals surface area contributed by atoms with Gasteiger partial charge in [-0.25, -0.2) is 15.0 Å². The number of rotatable bonds is 7. The Kier molecular flexibility index (Phi) is 6.20. The predicted molar refractivity (Wildman–Crippen MR) is 136 cm³/mol. The number of benzene rings is 1. The molecular weight excluding hydrogens is 448 g/mol. The number of hydrogen-bond donors (Lipinski definition) is 3. The molecule has 2 aromatic heterocycles. The molecule has 5 rings (SSSR count). The van der Waals surface area contributed by atoms with Crippen LogP contribution in [0.25, 0.3) is 22.6 Å². The first-order valence-electron chi connectivity index (χ1n) is 11.6. The maximum Gasteiger partial charge on any atom is 0.224 e. The lowest BCUT2D eigenvalue weighted by Gasteiger charge is -2.21. The van der Waals surface area contributed by atoms with Crippen LogP contribution >= 0.6 is 11.6 Å². The van der Waals surface area contributed by atoms with Crippen LogP contribution < -0.4 is 10.6 Å². The summed E-state index contributed by atoms with van der Waals surface area (Å²) < 4.78 is 0. The molecule has 8 heteroatoms. The van der Waals surface area contributed by atoms with Gasteiger partial charge in [0.2, 0.25) is 11.9 Å². The van der Waals surface area contributed by atoms with E-state index in [1.807, 2.05) is 48.6 Å². The van der Waals surface area contributed by atoms with Gasteiger partial charge in [-0.05, 0) is 49.0 Å². The highest BCUT2D eigenvalue weighted by Gasteiger charge is 2.29. The van der Waals surface area contributed by atoms with Crippen LogP contribution in [0.2, 0.25) is 0 Å². The molecule has 2 aliphatic carbocycles. The first-order valence-corrected chi connectivity index (χ1v) is 11.9. The first-order chi connectivity index (χ1) is 16.5. The number of anilines is 2. The number of amides is 1. The second kappa shape index (κ2) is 9.43. The van der Waals surface area contributed by atoms with E-state index in [-0.39, 0.29) is 17.7 Å². The van der Waals surface area contributed by atoms with E-state index in [4.69, 9.17) is 16.6 Å². The number of aromatic nitrogens is 4. The average Bonchev–Trinajstić information content (AvgIpc) is 3.59. The maximum absolute atomic E-state index is 12.8. The highest BCUT2D eigenvalue weighted by atomic mass is 35.5. The van der Waals surface area contributed by atoms with Crippen LogP contribution in [0.1, 0.15) is 37.9 Å². The molecule has 0 spiro atoms. The number of carbonyl (C=O) groups excluding carboxylic acids is 1. The van der Waals surface area contributed by atoms with Gasteiger partial charge in [-0.2, -0.15) is 0 Å². The number of halogens is 1. The molecule has 0 saturated heterocycles. The van der Waals surface area contributed by atoms with Gasteiger partial charge in [0.15, 0.2) is 0 Å². The number of allylic oxidation sites excluding steroid dienone is 4. The molecule has 3 N–H and O–H groups in total. The van der Waals surface area contributed by atoms with E-state index < -0.39 is 0 Å². The topological polar surface area (TPSA) is 95.6 Å². The number of aromatic amines is 1. The molecule has 1 saturated carbocycles. The second-order valence-corrected chi connectivity index (χ2v) is 9.34. The van der Waals surface area contributed by atoms with Crippen molar-refractivity contribution in [1.82, 2.24) is 19.9 Å². The lowest BCUT2D eigenvalue weighted by Crippen LogP contribution is -2.20. The Hall–Kier alpha value is -3.45. The van der Waals surface area contributed by atoms with E-state index in [1.54, 1.807) is 13.2 Å². The van der Waals surface area contributed by atoms with Crippen molar-refractivity contribution in [2.45, 2.75) is 32.1 Å². The molecule has 1 aromatic carbocycles. The highest BCUT2D eigenvalue weighted by molar-refractivity contribution is 6.31. The number of hydrogen-bond acceptors (Lipinski definition) is 5. The van der Waals surface area contributed by atoms with Gasteiger partial charge in [0.05, 0.1) is 17.1 Å². The van der Waals surface area contributed by atoms with Crippen LogP contribution in [0, 0.1) is 11.8 Å². The molecule has 2 unspecified atom stereocenters. The summed E-state index contributed by atoms with van der Waals surface area (Å²) in [5, 5.41) is 6.76. The Morgan fingerprint density at radius 3 is 2.85 bits per heavy atom. The van der Waals surface area contributed by atoms with Crippen LogP contribution in [-0.2, 0) is 4.79 Å². The lowest BCUT2D eigenvalue weighted by atomic mass is 9.87. The van der Waals surface area contributed by atoms with Gasteiger partial charge in [-0.3, -0.25) is 4.79 Å². The zero-order chi connectivity index (χ0) is 23.7. The van der Waals surface area contributed by atoms with Gasteiger partial charge in [0.25, 0.3) is 0 Å². The fourth-order valence-corrected chi connectivity index (χ4v) is 4.47. The SMILES string of the molecule is CNc1nccc(-c2[nH]c(C3CC3)nc2-c2cccc(NC(=O)CC3C=CC(Cl)=CC3C)c2)n1. The molecular formula is C26H27ClN6O. The van der Waals surface area contributed by atoms with Crippen LogP contribution in [0.5, 0.6) is 0 Å². The minimum atomic E-state index is -0.0274. The molecule has 0 radical (unpaired) electrons. The summed E-state index contributed by atoms with van der Waals surface area (Å²) >= 11 is 6.07. The summed E-state index contributed by atoms with van der Waals surface area (Å²) in [6, 6.07) is 9.68. The van der Waals surface area contributed by atoms with Crippen molar-refractivity contribution in [2.75, 3.05) is 17.7 Å². The third-order valence-corrected chi connectivity index (χ3v) is 6.51. The average molecular weight is 475 g/mol. The van der Waals surface area contributed by atoms with E-state index in [2.05, 4.69) is 32.5 Å². The van der Waals surface area contributed by atoms with Crippen molar-refractivity contribution in [2.24, 2.45) is 11.8 Å². The second-order valence-electron chi connectivity index (χ2n) is 8.90. The Morgan fingerprint density at radius 2 is 2.09 bits per heavy atom. The van der Waals surface area contributed by atoms with Gasteiger partial charge in [-0.1, -0.05) is 42.8 Å². The van der Waals surface area contributed by atoms with Crippen molar-refractivity contribution in [1.29, 1.82) is 0 Å². The molecule has 1 amide bonds. The number of H-pyrrole nitrogens is 1. The quantitative estimate of drug-likeness (QED) is 0.406. The Balaban J connectivity index is 1.40. The van der Waals surface area contributed by atoms with Crippen molar-refractivity contribution >= 4 is 29.1 Å². The molecule has 3 aromatic rings. The van der Waals surface area contributed by atoms with E-state index >= 15 is 0 Å². The van der Waals surface area contributed by atoms with Gasteiger partial charge in [0, 0.05) is 41.9 Å². The molecule has 174 valence electrons. The third-order valence-electron chi connectivity index (χ3n) is 6.26. The van der Waals surface area contributed by atoms with E-state index in [0.717, 1.165) is 52.0 Å². The summed E-state index contributed by atoms with van der Waals surface area (Å²) in [5.41, 5.74) is 4.11. The number of nitrogens with zero attached hydrogens (tertiary/aromatic N) is 3. The van der Waals surface area contributed by atoms with E-state index in [9.17, 15) is 4.79 Å². The Morgan fingerprint density at radius 1 is 1.24 bits per heavy atom. The van der Waals surface area contributed by atoms with Gasteiger partial charge in [-0.15, -0.1) is 0 Å². The first kappa shape index (κ1) is 22.3. The normalized spacial score (nSPS) is 19.6. The Labute approximate surface area is 203 Å². The minimum Gasteiger partial charge on any atom is -0.357 e. The summed E-state index contributed by atoms with van der Waals surface area (Å²) in [4.78, 5) is 30.0. The van der Waals surface area contributed by atoms with Gasteiger partial charge >= 0.3 is 0 Å². The van der Waals surface area contributed by atoms with Crippen LogP contribution in [-0.4, -0.2) is 32.9 Å². The minimum absolute atomic E-state index is 0.0274. The molecule has 34 heavy (non-hydrogen) atoms. The maximum atomic E-state index is 12.8. The zero-order valence-corrected chi connectivity index (χ0v) is 19.9. The van der Waals surface area contributed by atoms with Crippen LogP contribution in [0.15, 0.2) is 59.8 Å². The molecule has 2 heterocycles. The summed E-state index contributed by atoms with van der Waals surface area (Å²) in [7, 11) is 1.80. The monoisotopic (exact) mass is 474 g/mol. The smallest absolute Gasteiger partial charge is 0.224 e. The number of nitrogens with one attached hydrogen (secondary N) is 3. The van der Waals surface area contributed by atoms with Crippen molar-refractivity contribution in [3.05, 3.63) is 65.6 Å². The van der Waals surface area contributed by atoms with Gasteiger partial charge < -0.3 is 15.6 Å². The fraction of sp³-hybridized carbons (Fsp3) is 0.308. The van der Waals surface area contributed by atoms with Gasteiger partial charge in [0.1, 0.15) is 5.82 Å². The molecule has 1 fully saturated rings. The van der Waals surface area contributed by atoms with Crippen molar-refractivity contribution in [3.8, 4) is 22.6 Å². The van der Waals surface area contributed by atoms with Crippen LogP contribution in [0.3, 0.4) is 0 Å².